The molecule has 1 amide bonds. The summed E-state index contributed by atoms with van der Waals surface area (Å²) in [5.41, 5.74) is 3.12. The molecule has 25 heavy (non-hydrogen) atoms. The third-order valence-corrected chi connectivity index (χ3v) is 4.05. The number of amides is 1. The molecule has 2 N–H and O–H groups in total. The lowest BCUT2D eigenvalue weighted by Crippen LogP contribution is -2.24. The molecule has 0 spiro atoms. The van der Waals surface area contributed by atoms with Crippen molar-refractivity contribution in [2.75, 3.05) is 5.32 Å². The van der Waals surface area contributed by atoms with E-state index < -0.39 is 0 Å². The Morgan fingerprint density at radius 1 is 1.08 bits per heavy atom. The molecule has 0 bridgehead atoms. The molecule has 3 aromatic rings. The van der Waals surface area contributed by atoms with Gasteiger partial charge in [0.15, 0.2) is 0 Å². The van der Waals surface area contributed by atoms with Gasteiger partial charge in [0, 0.05) is 23.3 Å². The molecule has 0 fully saturated rings. The van der Waals surface area contributed by atoms with Crippen LogP contribution in [0.2, 0.25) is 5.02 Å². The first-order valence-electron chi connectivity index (χ1n) is 7.79. The molecule has 2 aromatic carbocycles. The van der Waals surface area contributed by atoms with Crippen molar-refractivity contribution in [2.45, 2.75) is 13.5 Å². The van der Waals surface area contributed by atoms with E-state index in [-0.39, 0.29) is 5.91 Å². The molecule has 0 aliphatic carbocycles. The normalized spacial score (nSPS) is 10.3. The van der Waals surface area contributed by atoms with Crippen LogP contribution >= 0.6 is 11.6 Å². The number of halogens is 1. The molecule has 0 unspecified atom stereocenters. The predicted octanol–water partition coefficient (Wildman–Crippen LogP) is 4.11. The number of hydrogen-bond donors (Lipinski definition) is 2. The molecule has 0 atom stereocenters. The number of carbonyl (C=O) groups excluding carboxylic acids is 1. The van der Waals surface area contributed by atoms with Gasteiger partial charge in [-0.1, -0.05) is 48.0 Å². The van der Waals surface area contributed by atoms with Gasteiger partial charge in [0.2, 0.25) is 0 Å². The van der Waals surface area contributed by atoms with E-state index in [4.69, 9.17) is 11.6 Å². The number of nitrogens with zero attached hydrogens (tertiary/aromatic N) is 2. The van der Waals surface area contributed by atoms with Crippen LogP contribution in [0.25, 0.3) is 0 Å². The van der Waals surface area contributed by atoms with E-state index in [0.29, 0.717) is 23.1 Å². The minimum absolute atomic E-state index is 0.253. The van der Waals surface area contributed by atoms with Crippen molar-refractivity contribution in [3.05, 3.63) is 82.8 Å². The van der Waals surface area contributed by atoms with Gasteiger partial charge in [0.25, 0.3) is 5.91 Å². The number of nitrogens with one attached hydrogen (secondary N) is 2. The molecular weight excluding hydrogens is 336 g/mol. The van der Waals surface area contributed by atoms with E-state index in [2.05, 4.69) is 20.6 Å². The van der Waals surface area contributed by atoms with Gasteiger partial charge in [-0.25, -0.2) is 9.97 Å². The van der Waals surface area contributed by atoms with Gasteiger partial charge >= 0.3 is 0 Å². The number of hydrogen-bond acceptors (Lipinski definition) is 4. The summed E-state index contributed by atoms with van der Waals surface area (Å²) in [4.78, 5) is 20.4. The molecule has 5 nitrogen and oxygen atoms in total. The summed E-state index contributed by atoms with van der Waals surface area (Å²) in [5, 5.41) is 6.64. The van der Waals surface area contributed by atoms with Crippen molar-refractivity contribution in [1.29, 1.82) is 0 Å². The number of aryl methyl sites for hydroxylation is 1. The molecule has 6 heteroatoms. The molecule has 0 saturated carbocycles. The summed E-state index contributed by atoms with van der Waals surface area (Å²) in [6.07, 6.45) is 1.36. The Hall–Kier alpha value is -2.92. The molecule has 0 saturated heterocycles. The van der Waals surface area contributed by atoms with Crippen molar-refractivity contribution in [3.63, 3.8) is 0 Å². The van der Waals surface area contributed by atoms with Crippen molar-refractivity contribution in [1.82, 2.24) is 15.3 Å². The van der Waals surface area contributed by atoms with Crippen LogP contribution in [0.5, 0.6) is 0 Å². The largest absolute Gasteiger partial charge is 0.347 e. The van der Waals surface area contributed by atoms with Crippen LogP contribution in [0.3, 0.4) is 0 Å². The highest BCUT2D eigenvalue weighted by molar-refractivity contribution is 6.31. The summed E-state index contributed by atoms with van der Waals surface area (Å²) in [6, 6.07) is 16.9. The number of aromatic nitrogens is 2. The van der Waals surface area contributed by atoms with E-state index in [1.807, 2.05) is 55.5 Å². The first-order chi connectivity index (χ1) is 12.1. The topological polar surface area (TPSA) is 66.9 Å². The third-order valence-electron chi connectivity index (χ3n) is 3.64. The molecule has 1 aromatic heterocycles. The van der Waals surface area contributed by atoms with Gasteiger partial charge in [-0.3, -0.25) is 4.79 Å². The fourth-order valence-electron chi connectivity index (χ4n) is 2.24. The van der Waals surface area contributed by atoms with Crippen LogP contribution in [0.1, 0.15) is 21.6 Å². The van der Waals surface area contributed by atoms with Crippen LogP contribution in [0, 0.1) is 6.92 Å². The van der Waals surface area contributed by atoms with Gasteiger partial charge in [-0.15, -0.1) is 0 Å². The molecule has 3 rings (SSSR count). The highest BCUT2D eigenvalue weighted by Crippen LogP contribution is 2.22. The monoisotopic (exact) mass is 352 g/mol. The smallest absolute Gasteiger partial charge is 0.270 e. The average Bonchev–Trinajstić information content (AvgIpc) is 2.64. The average molecular weight is 353 g/mol. The summed E-state index contributed by atoms with van der Waals surface area (Å²) in [6.45, 7) is 2.38. The first kappa shape index (κ1) is 16.9. The van der Waals surface area contributed by atoms with Gasteiger partial charge in [0.1, 0.15) is 17.8 Å². The van der Waals surface area contributed by atoms with Gasteiger partial charge in [-0.05, 0) is 30.2 Å². The van der Waals surface area contributed by atoms with E-state index >= 15 is 0 Å². The van der Waals surface area contributed by atoms with Gasteiger partial charge in [-0.2, -0.15) is 0 Å². The van der Waals surface area contributed by atoms with Gasteiger partial charge in [0.05, 0.1) is 0 Å². The van der Waals surface area contributed by atoms with Crippen LogP contribution < -0.4 is 10.6 Å². The number of rotatable bonds is 5. The SMILES string of the molecule is Cc1ccc(Nc2cc(C(=O)NCc3ccccc3)ncn2)cc1Cl. The highest BCUT2D eigenvalue weighted by atomic mass is 35.5. The minimum atomic E-state index is -0.253. The molecular formula is C19H17ClN4O. The van der Waals surface area contributed by atoms with Crippen molar-refractivity contribution in [3.8, 4) is 0 Å². The lowest BCUT2D eigenvalue weighted by molar-refractivity contribution is 0.0946. The van der Waals surface area contributed by atoms with Crippen LogP contribution in [-0.4, -0.2) is 15.9 Å². The van der Waals surface area contributed by atoms with E-state index in [9.17, 15) is 4.79 Å². The predicted molar refractivity (Wildman–Crippen MR) is 99.1 cm³/mol. The molecule has 1 heterocycles. The Morgan fingerprint density at radius 2 is 1.88 bits per heavy atom. The van der Waals surface area contributed by atoms with Crippen LogP contribution in [-0.2, 0) is 6.54 Å². The second-order valence-electron chi connectivity index (χ2n) is 5.55. The Bertz CT molecular complexity index is 884. The quantitative estimate of drug-likeness (QED) is 0.725. The van der Waals surface area contributed by atoms with Crippen molar-refractivity contribution in [2.24, 2.45) is 0 Å². The molecule has 0 radical (unpaired) electrons. The van der Waals surface area contributed by atoms with Crippen LogP contribution in [0.4, 0.5) is 11.5 Å². The lowest BCUT2D eigenvalue weighted by atomic mass is 10.2. The minimum Gasteiger partial charge on any atom is -0.347 e. The number of anilines is 2. The zero-order valence-electron chi connectivity index (χ0n) is 13.7. The van der Waals surface area contributed by atoms with Crippen LogP contribution in [0.15, 0.2) is 60.9 Å². The zero-order chi connectivity index (χ0) is 17.6. The summed E-state index contributed by atoms with van der Waals surface area (Å²) in [7, 11) is 0. The first-order valence-corrected chi connectivity index (χ1v) is 8.17. The Balaban J connectivity index is 1.68. The fraction of sp³-hybridized carbons (Fsp3) is 0.105. The second-order valence-corrected chi connectivity index (χ2v) is 5.95. The Morgan fingerprint density at radius 3 is 2.64 bits per heavy atom. The Kier molecular flexibility index (Phi) is 5.26. The maximum atomic E-state index is 12.3. The molecule has 0 aliphatic heterocycles. The summed E-state index contributed by atoms with van der Waals surface area (Å²) >= 11 is 6.12. The number of carbonyl (C=O) groups is 1. The molecule has 126 valence electrons. The summed E-state index contributed by atoms with van der Waals surface area (Å²) < 4.78 is 0. The maximum absolute atomic E-state index is 12.3. The van der Waals surface area contributed by atoms with Gasteiger partial charge < -0.3 is 10.6 Å². The maximum Gasteiger partial charge on any atom is 0.270 e. The number of benzene rings is 2. The fourth-order valence-corrected chi connectivity index (χ4v) is 2.42. The van der Waals surface area contributed by atoms with E-state index in [1.165, 1.54) is 6.33 Å². The lowest BCUT2D eigenvalue weighted by Gasteiger charge is -2.09. The standard InChI is InChI=1S/C19H17ClN4O/c1-13-7-8-15(9-16(13)20)24-18-10-17(22-12-23-18)19(25)21-11-14-5-3-2-4-6-14/h2-10,12H,11H2,1H3,(H,21,25)(H,22,23,24). The van der Waals surface area contributed by atoms with E-state index in [1.54, 1.807) is 6.07 Å². The summed E-state index contributed by atoms with van der Waals surface area (Å²) in [5.74, 6) is 0.274. The van der Waals surface area contributed by atoms with Crippen molar-refractivity contribution < 1.29 is 4.79 Å². The highest BCUT2D eigenvalue weighted by Gasteiger charge is 2.09. The third kappa shape index (κ3) is 4.55. The second kappa shape index (κ2) is 7.77. The van der Waals surface area contributed by atoms with Crippen molar-refractivity contribution >= 4 is 29.0 Å². The van der Waals surface area contributed by atoms with E-state index in [0.717, 1.165) is 16.8 Å². The molecule has 0 aliphatic rings. The Labute approximate surface area is 151 Å². The zero-order valence-corrected chi connectivity index (χ0v) is 14.4.